The zero-order valence-electron chi connectivity index (χ0n) is 10.2. The highest BCUT2D eigenvalue weighted by atomic mass is 19.1. The summed E-state index contributed by atoms with van der Waals surface area (Å²) in [5, 5.41) is 11.1. The van der Waals surface area contributed by atoms with Gasteiger partial charge in [0.2, 0.25) is 5.91 Å². The van der Waals surface area contributed by atoms with E-state index in [1.807, 2.05) is 0 Å². The van der Waals surface area contributed by atoms with Crippen LogP contribution < -0.4 is 10.1 Å². The van der Waals surface area contributed by atoms with Crippen LogP contribution in [0.1, 0.15) is 23.7 Å². The van der Waals surface area contributed by atoms with Gasteiger partial charge in [0, 0.05) is 6.54 Å². The molecule has 104 valence electrons. The molecular weight excluding hydrogens is 260 g/mol. The predicted molar refractivity (Wildman–Crippen MR) is 62.1 cm³/mol. The summed E-state index contributed by atoms with van der Waals surface area (Å²) >= 11 is 0. The molecule has 0 atom stereocenters. The van der Waals surface area contributed by atoms with Crippen molar-refractivity contribution in [3.63, 3.8) is 0 Å². The number of carboxylic acid groups (broad SMARTS) is 1. The van der Waals surface area contributed by atoms with Gasteiger partial charge in [0.05, 0.1) is 18.6 Å². The van der Waals surface area contributed by atoms with Crippen molar-refractivity contribution in [2.45, 2.75) is 13.3 Å². The van der Waals surface area contributed by atoms with E-state index in [1.165, 1.54) is 0 Å². The molecule has 1 aromatic rings. The molecule has 0 spiro atoms. The van der Waals surface area contributed by atoms with Crippen molar-refractivity contribution in [3.8, 4) is 5.75 Å². The maximum atomic E-state index is 13.4. The number of aromatic carboxylic acids is 1. The van der Waals surface area contributed by atoms with E-state index >= 15 is 0 Å². The van der Waals surface area contributed by atoms with Gasteiger partial charge in [0.15, 0.2) is 17.4 Å². The van der Waals surface area contributed by atoms with Gasteiger partial charge in [-0.05, 0) is 19.1 Å². The lowest BCUT2D eigenvalue weighted by Gasteiger charge is -2.09. The number of ether oxygens (including phenoxy) is 1. The van der Waals surface area contributed by atoms with E-state index in [0.717, 1.165) is 0 Å². The number of nitrogens with one attached hydrogen (secondary N) is 1. The Bertz CT molecular complexity index is 468. The van der Waals surface area contributed by atoms with Crippen LogP contribution in [0.15, 0.2) is 12.1 Å². The number of hydrogen-bond donors (Lipinski definition) is 2. The Morgan fingerprint density at radius 3 is 2.37 bits per heavy atom. The molecule has 0 heterocycles. The van der Waals surface area contributed by atoms with Crippen LogP contribution in [-0.2, 0) is 4.79 Å². The summed E-state index contributed by atoms with van der Waals surface area (Å²) in [6, 6.07) is 1.32. The van der Waals surface area contributed by atoms with Crippen LogP contribution in [0.25, 0.3) is 0 Å². The lowest BCUT2D eigenvalue weighted by atomic mass is 10.2. The molecule has 0 aliphatic heterocycles. The Morgan fingerprint density at radius 1 is 1.32 bits per heavy atom. The molecule has 0 saturated heterocycles. The Labute approximate surface area is 108 Å². The van der Waals surface area contributed by atoms with Crippen molar-refractivity contribution in [2.75, 3.05) is 13.2 Å². The molecule has 0 fully saturated rings. The molecule has 0 aromatic heterocycles. The van der Waals surface area contributed by atoms with Crippen LogP contribution in [0.3, 0.4) is 0 Å². The summed E-state index contributed by atoms with van der Waals surface area (Å²) in [6.07, 6.45) is -0.0482. The molecule has 0 bridgehead atoms. The highest BCUT2D eigenvalue weighted by Crippen LogP contribution is 2.23. The van der Waals surface area contributed by atoms with Crippen molar-refractivity contribution < 1.29 is 28.2 Å². The topological polar surface area (TPSA) is 75.6 Å². The second-order valence-corrected chi connectivity index (χ2v) is 3.63. The second-order valence-electron chi connectivity index (χ2n) is 3.63. The van der Waals surface area contributed by atoms with Gasteiger partial charge in [-0.1, -0.05) is 0 Å². The maximum Gasteiger partial charge on any atom is 0.335 e. The van der Waals surface area contributed by atoms with Crippen LogP contribution in [0.4, 0.5) is 8.78 Å². The lowest BCUT2D eigenvalue weighted by Crippen LogP contribution is -2.24. The average Bonchev–Trinajstić information content (AvgIpc) is 2.32. The van der Waals surface area contributed by atoms with E-state index in [4.69, 9.17) is 9.84 Å². The Morgan fingerprint density at radius 2 is 1.89 bits per heavy atom. The minimum absolute atomic E-state index is 0.0482. The predicted octanol–water partition coefficient (Wildman–Crippen LogP) is 1.57. The highest BCUT2D eigenvalue weighted by molar-refractivity contribution is 5.87. The molecule has 0 unspecified atom stereocenters. The number of rotatable bonds is 6. The third kappa shape index (κ3) is 4.20. The van der Waals surface area contributed by atoms with Gasteiger partial charge in [0.25, 0.3) is 0 Å². The number of carbonyl (C=O) groups excluding carboxylic acids is 1. The van der Waals surface area contributed by atoms with E-state index < -0.39 is 28.9 Å². The molecule has 0 aliphatic carbocycles. The van der Waals surface area contributed by atoms with Crippen LogP contribution in [0.5, 0.6) is 5.75 Å². The van der Waals surface area contributed by atoms with Gasteiger partial charge < -0.3 is 15.2 Å². The van der Waals surface area contributed by atoms with E-state index in [9.17, 15) is 18.4 Å². The average molecular weight is 273 g/mol. The summed E-state index contributed by atoms with van der Waals surface area (Å²) in [6.45, 7) is 1.99. The summed E-state index contributed by atoms with van der Waals surface area (Å²) in [7, 11) is 0. The minimum Gasteiger partial charge on any atom is -0.487 e. The van der Waals surface area contributed by atoms with Gasteiger partial charge in [-0.25, -0.2) is 13.6 Å². The highest BCUT2D eigenvalue weighted by Gasteiger charge is 2.16. The Kier molecular flexibility index (Phi) is 5.23. The third-order valence-corrected chi connectivity index (χ3v) is 2.19. The largest absolute Gasteiger partial charge is 0.487 e. The van der Waals surface area contributed by atoms with Crippen LogP contribution in [0, 0.1) is 11.6 Å². The number of benzene rings is 1. The molecule has 1 rings (SSSR count). The molecule has 0 aliphatic rings. The van der Waals surface area contributed by atoms with Crippen molar-refractivity contribution in [1.82, 2.24) is 5.32 Å². The van der Waals surface area contributed by atoms with Gasteiger partial charge in [-0.3, -0.25) is 4.79 Å². The quantitative estimate of drug-likeness (QED) is 0.825. The fraction of sp³-hybridized carbons (Fsp3) is 0.333. The number of halogens is 2. The third-order valence-electron chi connectivity index (χ3n) is 2.19. The molecule has 1 aromatic carbocycles. The number of amides is 1. The maximum absolute atomic E-state index is 13.4. The van der Waals surface area contributed by atoms with E-state index in [-0.39, 0.29) is 18.9 Å². The van der Waals surface area contributed by atoms with Crippen molar-refractivity contribution in [2.24, 2.45) is 0 Å². The first-order valence-electron chi connectivity index (χ1n) is 5.57. The van der Waals surface area contributed by atoms with Crippen LogP contribution in [0.2, 0.25) is 0 Å². The molecular formula is C12H13F2NO4. The van der Waals surface area contributed by atoms with E-state index in [2.05, 4.69) is 5.32 Å². The van der Waals surface area contributed by atoms with Gasteiger partial charge >= 0.3 is 5.97 Å². The molecule has 0 saturated carbocycles. The minimum atomic E-state index is -1.44. The molecule has 2 N–H and O–H groups in total. The molecule has 0 radical (unpaired) electrons. The first kappa shape index (κ1) is 14.9. The first-order valence-corrected chi connectivity index (χ1v) is 5.57. The smallest absolute Gasteiger partial charge is 0.335 e. The Hall–Kier alpha value is -2.18. The summed E-state index contributed by atoms with van der Waals surface area (Å²) in [5.74, 6) is -4.66. The molecule has 19 heavy (non-hydrogen) atoms. The standard InChI is InChI=1S/C12H13F2NO4/c1-2-15-10(16)3-4-19-11-8(13)5-7(12(17)18)6-9(11)14/h5-6H,2-4H2,1H3,(H,15,16)(H,17,18). The Balaban J connectivity index is 2.69. The van der Waals surface area contributed by atoms with Crippen molar-refractivity contribution in [1.29, 1.82) is 0 Å². The van der Waals surface area contributed by atoms with Gasteiger partial charge in [-0.2, -0.15) is 0 Å². The fourth-order valence-electron chi connectivity index (χ4n) is 1.35. The molecule has 7 heteroatoms. The second kappa shape index (κ2) is 6.67. The van der Waals surface area contributed by atoms with Gasteiger partial charge in [-0.15, -0.1) is 0 Å². The van der Waals surface area contributed by atoms with Crippen LogP contribution in [-0.4, -0.2) is 30.1 Å². The first-order chi connectivity index (χ1) is 8.95. The molecule has 5 nitrogen and oxygen atoms in total. The number of hydrogen-bond acceptors (Lipinski definition) is 3. The fourth-order valence-corrected chi connectivity index (χ4v) is 1.35. The summed E-state index contributed by atoms with van der Waals surface area (Å²) in [4.78, 5) is 21.7. The van der Waals surface area contributed by atoms with Gasteiger partial charge in [0.1, 0.15) is 0 Å². The van der Waals surface area contributed by atoms with E-state index in [0.29, 0.717) is 18.7 Å². The zero-order valence-corrected chi connectivity index (χ0v) is 10.2. The van der Waals surface area contributed by atoms with E-state index in [1.54, 1.807) is 6.92 Å². The van der Waals surface area contributed by atoms with Crippen molar-refractivity contribution >= 4 is 11.9 Å². The molecule has 1 amide bonds. The zero-order chi connectivity index (χ0) is 14.4. The van der Waals surface area contributed by atoms with Crippen molar-refractivity contribution in [3.05, 3.63) is 29.3 Å². The monoisotopic (exact) mass is 273 g/mol. The number of carbonyl (C=O) groups is 2. The normalized spacial score (nSPS) is 10.1. The SMILES string of the molecule is CCNC(=O)CCOc1c(F)cc(C(=O)O)cc1F. The van der Waals surface area contributed by atoms with Crippen LogP contribution >= 0.6 is 0 Å². The summed E-state index contributed by atoms with van der Waals surface area (Å²) < 4.78 is 31.6. The number of carboxylic acids is 1. The summed E-state index contributed by atoms with van der Waals surface area (Å²) in [5.41, 5.74) is -0.508. The lowest BCUT2D eigenvalue weighted by molar-refractivity contribution is -0.121.